The van der Waals surface area contributed by atoms with E-state index in [0.717, 1.165) is 22.3 Å². The number of amides is 1. The van der Waals surface area contributed by atoms with Gasteiger partial charge in [0.05, 0.1) is 20.8 Å². The van der Waals surface area contributed by atoms with E-state index in [4.69, 9.17) is 14.2 Å². The van der Waals surface area contributed by atoms with E-state index >= 15 is 0 Å². The molecule has 0 atom stereocenters. The predicted molar refractivity (Wildman–Crippen MR) is 102 cm³/mol. The molecule has 0 saturated heterocycles. The molecule has 3 aromatic rings. The molecule has 0 radical (unpaired) electrons. The van der Waals surface area contributed by atoms with Crippen molar-refractivity contribution in [3.63, 3.8) is 0 Å². The van der Waals surface area contributed by atoms with E-state index in [1.807, 2.05) is 49.4 Å². The minimum atomic E-state index is -0.136. The lowest BCUT2D eigenvalue weighted by molar-refractivity contribution is 0.0989. The Hall–Kier alpha value is -3.15. The molecule has 1 amide bonds. The number of nitrogens with one attached hydrogen (secondary N) is 1. The third-order valence-electron chi connectivity index (χ3n) is 4.19. The van der Waals surface area contributed by atoms with Crippen LogP contribution in [0.1, 0.15) is 17.4 Å². The molecule has 26 heavy (non-hydrogen) atoms. The molecule has 1 aromatic heterocycles. The monoisotopic (exact) mass is 354 g/mol. The van der Waals surface area contributed by atoms with Crippen molar-refractivity contribution in [2.45, 2.75) is 6.92 Å². The highest BCUT2D eigenvalue weighted by Gasteiger charge is 2.17. The first-order valence-electron chi connectivity index (χ1n) is 8.33. The number of anilines is 1. The van der Waals surface area contributed by atoms with Crippen molar-refractivity contribution < 1.29 is 19.0 Å². The molecular formula is C20H22N2O4. The number of methoxy groups -OCH3 is 2. The van der Waals surface area contributed by atoms with E-state index < -0.39 is 0 Å². The summed E-state index contributed by atoms with van der Waals surface area (Å²) in [6.45, 7) is 2.54. The van der Waals surface area contributed by atoms with Crippen molar-refractivity contribution >= 4 is 22.5 Å². The van der Waals surface area contributed by atoms with Gasteiger partial charge in [0.15, 0.2) is 11.5 Å². The third kappa shape index (κ3) is 3.31. The topological polar surface area (TPSA) is 63.8 Å². The fourth-order valence-corrected chi connectivity index (χ4v) is 2.80. The molecule has 0 aliphatic heterocycles. The Bertz CT molecular complexity index is 874. The van der Waals surface area contributed by atoms with Crippen molar-refractivity contribution in [1.82, 2.24) is 4.98 Å². The predicted octanol–water partition coefficient (Wildman–Crippen LogP) is 3.86. The molecule has 2 aromatic carbocycles. The summed E-state index contributed by atoms with van der Waals surface area (Å²) in [6, 6.07) is 12.9. The Kier molecular flexibility index (Phi) is 5.02. The molecule has 0 bridgehead atoms. The normalized spacial score (nSPS) is 10.6. The molecule has 0 saturated carbocycles. The molecule has 6 nitrogen and oxygen atoms in total. The number of ether oxygens (including phenoxy) is 3. The molecule has 136 valence electrons. The molecule has 0 fully saturated rings. The first-order valence-corrected chi connectivity index (χ1v) is 8.33. The van der Waals surface area contributed by atoms with Crippen LogP contribution in [-0.2, 0) is 0 Å². The van der Waals surface area contributed by atoms with Gasteiger partial charge < -0.3 is 24.1 Å². The average Bonchev–Trinajstić information content (AvgIpc) is 3.09. The van der Waals surface area contributed by atoms with Crippen molar-refractivity contribution in [3.8, 4) is 17.2 Å². The number of fused-ring (bicyclic) bond motifs is 1. The van der Waals surface area contributed by atoms with Gasteiger partial charge in [-0.3, -0.25) is 4.79 Å². The smallest absolute Gasteiger partial charge is 0.274 e. The zero-order valence-corrected chi connectivity index (χ0v) is 15.3. The van der Waals surface area contributed by atoms with Crippen LogP contribution in [0.15, 0.2) is 42.5 Å². The third-order valence-corrected chi connectivity index (χ3v) is 4.19. The number of rotatable bonds is 6. The zero-order chi connectivity index (χ0) is 18.7. The number of benzene rings is 2. The van der Waals surface area contributed by atoms with Gasteiger partial charge in [0, 0.05) is 29.7 Å². The minimum Gasteiger partial charge on any atom is -0.494 e. The van der Waals surface area contributed by atoms with Crippen LogP contribution in [-0.4, -0.2) is 38.8 Å². The second-order valence-corrected chi connectivity index (χ2v) is 5.77. The molecular weight excluding hydrogens is 332 g/mol. The summed E-state index contributed by atoms with van der Waals surface area (Å²) in [6.07, 6.45) is 0. The summed E-state index contributed by atoms with van der Waals surface area (Å²) in [5, 5.41) is 0.881. The number of carbonyl (C=O) groups is 1. The first kappa shape index (κ1) is 17.7. The summed E-state index contributed by atoms with van der Waals surface area (Å²) >= 11 is 0. The highest BCUT2D eigenvalue weighted by atomic mass is 16.5. The highest BCUT2D eigenvalue weighted by Crippen LogP contribution is 2.32. The number of aromatic nitrogens is 1. The minimum absolute atomic E-state index is 0.136. The second kappa shape index (κ2) is 7.39. The Morgan fingerprint density at radius 1 is 1.04 bits per heavy atom. The molecule has 0 spiro atoms. The van der Waals surface area contributed by atoms with E-state index in [2.05, 4.69) is 4.98 Å². The molecule has 0 aliphatic carbocycles. The van der Waals surface area contributed by atoms with E-state index in [-0.39, 0.29) is 5.91 Å². The highest BCUT2D eigenvalue weighted by molar-refractivity contribution is 6.07. The lowest BCUT2D eigenvalue weighted by atomic mass is 10.2. The lowest BCUT2D eigenvalue weighted by Crippen LogP contribution is -2.26. The van der Waals surface area contributed by atoms with Crippen LogP contribution in [0.5, 0.6) is 17.2 Å². The van der Waals surface area contributed by atoms with Crippen LogP contribution < -0.4 is 19.1 Å². The number of hydrogen-bond acceptors (Lipinski definition) is 4. The number of carbonyl (C=O) groups excluding carboxylic acids is 1. The SMILES string of the molecule is CCOc1ccc(N(C)C(=O)c2cc3cc(OC)c(OC)cc3[nH]2)cc1. The van der Waals surface area contributed by atoms with Crippen molar-refractivity contribution in [2.24, 2.45) is 0 Å². The van der Waals surface area contributed by atoms with Crippen LogP contribution in [0.4, 0.5) is 5.69 Å². The number of aromatic amines is 1. The summed E-state index contributed by atoms with van der Waals surface area (Å²) in [4.78, 5) is 17.6. The average molecular weight is 354 g/mol. The molecule has 3 rings (SSSR count). The Balaban J connectivity index is 1.88. The fraction of sp³-hybridized carbons (Fsp3) is 0.250. The lowest BCUT2D eigenvalue weighted by Gasteiger charge is -2.17. The van der Waals surface area contributed by atoms with Crippen molar-refractivity contribution in [3.05, 3.63) is 48.2 Å². The summed E-state index contributed by atoms with van der Waals surface area (Å²) in [5.74, 6) is 1.88. The summed E-state index contributed by atoms with van der Waals surface area (Å²) < 4.78 is 16.1. The zero-order valence-electron chi connectivity index (χ0n) is 15.3. The van der Waals surface area contributed by atoms with E-state index in [1.165, 1.54) is 0 Å². The van der Waals surface area contributed by atoms with Gasteiger partial charge in [0.25, 0.3) is 5.91 Å². The molecule has 1 N–H and O–H groups in total. The van der Waals surface area contributed by atoms with Crippen LogP contribution in [0.3, 0.4) is 0 Å². The first-order chi connectivity index (χ1) is 12.6. The molecule has 0 unspecified atom stereocenters. The largest absolute Gasteiger partial charge is 0.494 e. The van der Waals surface area contributed by atoms with Crippen LogP contribution in [0, 0.1) is 0 Å². The Morgan fingerprint density at radius 3 is 2.31 bits per heavy atom. The maximum atomic E-state index is 12.8. The van der Waals surface area contributed by atoms with Gasteiger partial charge in [-0.15, -0.1) is 0 Å². The van der Waals surface area contributed by atoms with E-state index in [9.17, 15) is 4.79 Å². The van der Waals surface area contributed by atoms with Crippen LogP contribution in [0.25, 0.3) is 10.9 Å². The van der Waals surface area contributed by atoms with Crippen molar-refractivity contribution in [1.29, 1.82) is 0 Å². The van der Waals surface area contributed by atoms with Gasteiger partial charge in [-0.2, -0.15) is 0 Å². The number of hydrogen-bond donors (Lipinski definition) is 1. The van der Waals surface area contributed by atoms with Gasteiger partial charge in [0.2, 0.25) is 0 Å². The molecule has 6 heteroatoms. The second-order valence-electron chi connectivity index (χ2n) is 5.77. The van der Waals surface area contributed by atoms with Crippen LogP contribution >= 0.6 is 0 Å². The van der Waals surface area contributed by atoms with Crippen LogP contribution in [0.2, 0.25) is 0 Å². The van der Waals surface area contributed by atoms with Gasteiger partial charge in [-0.05, 0) is 43.3 Å². The quantitative estimate of drug-likeness (QED) is 0.730. The molecule has 1 heterocycles. The summed E-state index contributed by atoms with van der Waals surface area (Å²) in [7, 11) is 4.91. The van der Waals surface area contributed by atoms with Crippen molar-refractivity contribution in [2.75, 3.05) is 32.8 Å². The van der Waals surface area contributed by atoms with Gasteiger partial charge in [-0.1, -0.05) is 0 Å². The van der Waals surface area contributed by atoms with Gasteiger partial charge in [0.1, 0.15) is 11.4 Å². The Labute approximate surface area is 152 Å². The van der Waals surface area contributed by atoms with E-state index in [1.54, 1.807) is 26.2 Å². The fourth-order valence-electron chi connectivity index (χ4n) is 2.80. The maximum absolute atomic E-state index is 12.8. The number of H-pyrrole nitrogens is 1. The molecule has 0 aliphatic rings. The van der Waals surface area contributed by atoms with E-state index in [0.29, 0.717) is 23.8 Å². The Morgan fingerprint density at radius 2 is 1.69 bits per heavy atom. The number of nitrogens with zero attached hydrogens (tertiary/aromatic N) is 1. The maximum Gasteiger partial charge on any atom is 0.274 e. The van der Waals surface area contributed by atoms with Gasteiger partial charge >= 0.3 is 0 Å². The summed E-state index contributed by atoms with van der Waals surface area (Å²) in [5.41, 5.74) is 2.09. The standard InChI is InChI=1S/C20H22N2O4/c1-5-26-15-8-6-14(7-9-15)22(2)20(23)17-10-13-11-18(24-3)19(25-4)12-16(13)21-17/h6-12,21H,5H2,1-4H3. The van der Waals surface area contributed by atoms with Gasteiger partial charge in [-0.25, -0.2) is 0 Å².